The van der Waals surface area contributed by atoms with E-state index in [9.17, 15) is 14.3 Å². The van der Waals surface area contributed by atoms with Gasteiger partial charge in [0.15, 0.2) is 11.6 Å². The number of ether oxygens (including phenoxy) is 1. The molecular formula is C23H35BFNO5. The highest BCUT2D eigenvalue weighted by atomic mass is 19.1. The topological polar surface area (TPSA) is 68.2 Å². The highest BCUT2D eigenvalue weighted by Gasteiger charge is 2.51. The molecule has 1 aromatic carbocycles. The van der Waals surface area contributed by atoms with Crippen LogP contribution in [0.25, 0.3) is 0 Å². The van der Waals surface area contributed by atoms with E-state index in [4.69, 9.17) is 14.0 Å². The molecule has 6 nitrogen and oxygen atoms in total. The molecule has 0 spiro atoms. The summed E-state index contributed by atoms with van der Waals surface area (Å²) < 4.78 is 32.5. The average molecular weight is 435 g/mol. The first-order chi connectivity index (χ1) is 14.2. The van der Waals surface area contributed by atoms with Crippen molar-refractivity contribution < 1.29 is 28.3 Å². The van der Waals surface area contributed by atoms with E-state index in [2.05, 4.69) is 0 Å². The van der Waals surface area contributed by atoms with E-state index in [1.807, 2.05) is 48.5 Å². The van der Waals surface area contributed by atoms with E-state index in [1.165, 1.54) is 11.0 Å². The molecule has 172 valence electrons. The molecule has 1 aromatic rings. The predicted molar refractivity (Wildman–Crippen MR) is 118 cm³/mol. The Morgan fingerprint density at radius 3 is 2.39 bits per heavy atom. The maximum atomic E-state index is 14.8. The molecule has 0 saturated carbocycles. The van der Waals surface area contributed by atoms with E-state index in [1.54, 1.807) is 12.1 Å². The third kappa shape index (κ3) is 5.01. The summed E-state index contributed by atoms with van der Waals surface area (Å²) in [6.45, 7) is 14.8. The van der Waals surface area contributed by atoms with Crippen LogP contribution in [0, 0.1) is 17.2 Å². The maximum absolute atomic E-state index is 14.8. The predicted octanol–water partition coefficient (Wildman–Crippen LogP) is 4.31. The van der Waals surface area contributed by atoms with Gasteiger partial charge in [0.05, 0.1) is 17.8 Å². The van der Waals surface area contributed by atoms with Crippen molar-refractivity contribution in [3.05, 3.63) is 24.0 Å². The summed E-state index contributed by atoms with van der Waals surface area (Å²) in [7, 11) is -0.624. The Labute approximate surface area is 185 Å². The zero-order valence-corrected chi connectivity index (χ0v) is 19.7. The molecule has 2 atom stereocenters. The molecule has 1 N–H and O–H groups in total. The SMILES string of the molecule is CC(C)(C)C1CC(COc2ccc(B3OC(C)(C)C(C)(C)O3)cc2F)CCN1C(=O)O. The van der Waals surface area contributed by atoms with E-state index in [-0.39, 0.29) is 23.1 Å². The van der Waals surface area contributed by atoms with Crippen molar-refractivity contribution in [1.82, 2.24) is 4.90 Å². The van der Waals surface area contributed by atoms with Gasteiger partial charge in [-0.2, -0.15) is 0 Å². The highest BCUT2D eigenvalue weighted by Crippen LogP contribution is 2.37. The van der Waals surface area contributed by atoms with Gasteiger partial charge in [0.2, 0.25) is 0 Å². The maximum Gasteiger partial charge on any atom is 0.494 e. The number of benzene rings is 1. The van der Waals surface area contributed by atoms with Crippen LogP contribution in [0.2, 0.25) is 0 Å². The number of piperidine rings is 1. The van der Waals surface area contributed by atoms with Gasteiger partial charge >= 0.3 is 13.2 Å². The second kappa shape index (κ2) is 8.28. The van der Waals surface area contributed by atoms with Crippen molar-refractivity contribution in [3.63, 3.8) is 0 Å². The van der Waals surface area contributed by atoms with Crippen LogP contribution in [-0.2, 0) is 9.31 Å². The lowest BCUT2D eigenvalue weighted by molar-refractivity contribution is 0.00578. The smallest absolute Gasteiger partial charge is 0.490 e. The Hall–Kier alpha value is -1.80. The third-order valence-corrected chi connectivity index (χ3v) is 6.91. The number of hydrogen-bond acceptors (Lipinski definition) is 4. The fourth-order valence-electron chi connectivity index (χ4n) is 4.21. The number of halogens is 1. The number of hydrogen-bond donors (Lipinski definition) is 1. The van der Waals surface area contributed by atoms with Crippen LogP contribution >= 0.6 is 0 Å². The Bertz CT molecular complexity index is 807. The summed E-state index contributed by atoms with van der Waals surface area (Å²) in [5, 5.41) is 9.51. The number of carbonyl (C=O) groups is 1. The minimum Gasteiger partial charge on any atom is -0.490 e. The largest absolute Gasteiger partial charge is 0.494 e. The zero-order valence-electron chi connectivity index (χ0n) is 19.7. The average Bonchev–Trinajstić information content (AvgIpc) is 2.87. The van der Waals surface area contributed by atoms with Crippen LogP contribution in [0.15, 0.2) is 18.2 Å². The Morgan fingerprint density at radius 2 is 1.87 bits per heavy atom. The number of nitrogens with zero attached hydrogens (tertiary/aromatic N) is 1. The van der Waals surface area contributed by atoms with Gasteiger partial charge in [-0.25, -0.2) is 9.18 Å². The molecule has 1 amide bonds. The van der Waals surface area contributed by atoms with Crippen LogP contribution in [0.5, 0.6) is 5.75 Å². The van der Waals surface area contributed by atoms with Crippen molar-refractivity contribution in [2.24, 2.45) is 11.3 Å². The second-order valence-electron chi connectivity index (χ2n) is 10.8. The van der Waals surface area contributed by atoms with E-state index in [0.29, 0.717) is 31.5 Å². The molecular weight excluding hydrogens is 400 g/mol. The summed E-state index contributed by atoms with van der Waals surface area (Å²) in [5.74, 6) is -0.0993. The molecule has 0 radical (unpaired) electrons. The Kier molecular flexibility index (Phi) is 6.37. The number of rotatable bonds is 4. The minimum atomic E-state index is -0.886. The molecule has 8 heteroatoms. The molecule has 2 aliphatic rings. The lowest BCUT2D eigenvalue weighted by Gasteiger charge is -2.44. The fourth-order valence-corrected chi connectivity index (χ4v) is 4.21. The molecule has 0 aliphatic carbocycles. The van der Waals surface area contributed by atoms with Gasteiger partial charge in [-0.3, -0.25) is 0 Å². The standard InChI is InChI=1S/C23H35BFNO5/c1-21(2,3)19-12-15(10-11-26(19)20(27)28)14-29-18-9-8-16(13-17(18)25)24-30-22(4,5)23(6,7)31-24/h8-9,13,15,19H,10-12,14H2,1-7H3,(H,27,28). The van der Waals surface area contributed by atoms with Gasteiger partial charge in [0, 0.05) is 12.6 Å². The zero-order chi connectivity index (χ0) is 23.2. The summed E-state index contributed by atoms with van der Waals surface area (Å²) in [6, 6.07) is 4.69. The van der Waals surface area contributed by atoms with E-state index >= 15 is 0 Å². The molecule has 3 rings (SSSR count). The summed E-state index contributed by atoms with van der Waals surface area (Å²) in [5.41, 5.74) is -0.534. The molecule has 0 bridgehead atoms. The normalized spacial score (nSPS) is 25.5. The van der Waals surface area contributed by atoms with Crippen LogP contribution in [-0.4, -0.2) is 53.6 Å². The van der Waals surface area contributed by atoms with E-state index in [0.717, 1.165) is 0 Å². The highest BCUT2D eigenvalue weighted by molar-refractivity contribution is 6.62. The molecule has 31 heavy (non-hydrogen) atoms. The monoisotopic (exact) mass is 435 g/mol. The Balaban J connectivity index is 1.63. The first kappa shape index (κ1) is 23.9. The second-order valence-corrected chi connectivity index (χ2v) is 10.8. The van der Waals surface area contributed by atoms with Gasteiger partial charge in [0.1, 0.15) is 0 Å². The molecule has 2 fully saturated rings. The molecule has 2 unspecified atom stereocenters. The van der Waals surface area contributed by atoms with Crippen molar-refractivity contribution in [2.45, 2.75) is 78.6 Å². The number of likely N-dealkylation sites (tertiary alicyclic amines) is 1. The van der Waals surface area contributed by atoms with Gasteiger partial charge in [-0.05, 0) is 69.5 Å². The lowest BCUT2D eigenvalue weighted by atomic mass is 9.77. The van der Waals surface area contributed by atoms with Gasteiger partial charge < -0.3 is 24.1 Å². The number of amides is 1. The quantitative estimate of drug-likeness (QED) is 0.714. The van der Waals surface area contributed by atoms with Crippen molar-refractivity contribution in [2.75, 3.05) is 13.2 Å². The van der Waals surface area contributed by atoms with Crippen molar-refractivity contribution in [3.8, 4) is 5.75 Å². The van der Waals surface area contributed by atoms with Crippen LogP contribution < -0.4 is 10.2 Å². The first-order valence-corrected chi connectivity index (χ1v) is 11.0. The minimum absolute atomic E-state index is 0.0945. The first-order valence-electron chi connectivity index (χ1n) is 11.0. The van der Waals surface area contributed by atoms with Crippen LogP contribution in [0.4, 0.5) is 9.18 Å². The van der Waals surface area contributed by atoms with Crippen LogP contribution in [0.3, 0.4) is 0 Å². The van der Waals surface area contributed by atoms with Gasteiger partial charge in [-0.15, -0.1) is 0 Å². The van der Waals surface area contributed by atoms with Gasteiger partial charge in [0.25, 0.3) is 0 Å². The summed E-state index contributed by atoms with van der Waals surface area (Å²) in [4.78, 5) is 13.1. The fraction of sp³-hybridized carbons (Fsp3) is 0.696. The van der Waals surface area contributed by atoms with Gasteiger partial charge in [-0.1, -0.05) is 26.8 Å². The Morgan fingerprint density at radius 1 is 1.26 bits per heavy atom. The third-order valence-electron chi connectivity index (χ3n) is 6.91. The molecule has 2 saturated heterocycles. The summed E-state index contributed by atoms with van der Waals surface area (Å²) >= 11 is 0. The number of carboxylic acid groups (broad SMARTS) is 1. The van der Waals surface area contributed by atoms with E-state index < -0.39 is 30.2 Å². The van der Waals surface area contributed by atoms with Crippen LogP contribution in [0.1, 0.15) is 61.3 Å². The summed E-state index contributed by atoms with van der Waals surface area (Å²) in [6.07, 6.45) is 0.513. The molecule has 2 aliphatic heterocycles. The molecule has 0 aromatic heterocycles. The van der Waals surface area contributed by atoms with Crippen molar-refractivity contribution >= 4 is 18.7 Å². The van der Waals surface area contributed by atoms with Crippen molar-refractivity contribution in [1.29, 1.82) is 0 Å². The lowest BCUT2D eigenvalue weighted by Crippen LogP contribution is -2.52. The molecule has 2 heterocycles.